The zero-order valence-corrected chi connectivity index (χ0v) is 21.0. The Morgan fingerprint density at radius 1 is 1.20 bits per heavy atom. The third kappa shape index (κ3) is 4.27. The first-order chi connectivity index (χ1) is 14.5. The van der Waals surface area contributed by atoms with Crippen LogP contribution in [-0.4, -0.2) is 58.9 Å². The molecule has 0 unspecified atom stereocenters. The number of nitrogens with zero attached hydrogens (tertiary/aromatic N) is 1. The van der Waals surface area contributed by atoms with Crippen LogP contribution in [0.25, 0.3) is 20.6 Å². The predicted octanol–water partition coefficient (Wildman–Crippen LogP) is 3.49. The van der Waals surface area contributed by atoms with E-state index in [1.54, 1.807) is 19.9 Å². The summed E-state index contributed by atoms with van der Waals surface area (Å²) < 4.78 is 38.4. The first-order valence-corrected chi connectivity index (χ1v) is 13.9. The molecule has 1 fully saturated rings. The van der Waals surface area contributed by atoms with E-state index in [-0.39, 0.29) is 33.0 Å². The van der Waals surface area contributed by atoms with Crippen LogP contribution in [0, 0.1) is 0 Å². The SMILES string of the molecule is CCOP(=O)(OCC)c1cc2ccc3c(Br)c(CN4CCOCC4)[se]c3c2oc1=O. The van der Waals surface area contributed by atoms with Crippen LogP contribution in [-0.2, 0) is 24.9 Å². The van der Waals surface area contributed by atoms with Crippen molar-refractivity contribution in [2.75, 3.05) is 39.5 Å². The van der Waals surface area contributed by atoms with Gasteiger partial charge in [-0.15, -0.1) is 0 Å². The second kappa shape index (κ2) is 9.39. The van der Waals surface area contributed by atoms with E-state index in [9.17, 15) is 9.36 Å². The van der Waals surface area contributed by atoms with Crippen LogP contribution in [0.2, 0.25) is 0 Å². The van der Waals surface area contributed by atoms with Gasteiger partial charge in [-0.25, -0.2) is 0 Å². The Kier molecular flexibility index (Phi) is 7.02. The molecule has 7 nitrogen and oxygen atoms in total. The summed E-state index contributed by atoms with van der Waals surface area (Å²) in [6, 6.07) is 5.50. The molecule has 3 heterocycles. The topological polar surface area (TPSA) is 78.2 Å². The van der Waals surface area contributed by atoms with Gasteiger partial charge in [0.1, 0.15) is 0 Å². The quantitative estimate of drug-likeness (QED) is 0.248. The molecular weight excluding hydrogens is 540 g/mol. The molecule has 0 spiro atoms. The Labute approximate surface area is 188 Å². The average Bonchev–Trinajstić information content (AvgIpc) is 3.04. The molecule has 4 rings (SSSR count). The normalized spacial score (nSPS) is 16.0. The zero-order chi connectivity index (χ0) is 21.3. The monoisotopic (exact) mass is 563 g/mol. The molecule has 0 bridgehead atoms. The van der Waals surface area contributed by atoms with E-state index in [1.807, 2.05) is 12.1 Å². The van der Waals surface area contributed by atoms with Gasteiger partial charge < -0.3 is 0 Å². The molecule has 10 heteroatoms. The Morgan fingerprint density at radius 2 is 1.90 bits per heavy atom. The van der Waals surface area contributed by atoms with Crippen molar-refractivity contribution >= 4 is 63.9 Å². The number of halogens is 1. The Bertz CT molecular complexity index is 1160. The molecule has 0 aliphatic carbocycles. The van der Waals surface area contributed by atoms with E-state index in [0.29, 0.717) is 5.58 Å². The molecule has 1 saturated heterocycles. The maximum absolute atomic E-state index is 13.1. The molecule has 1 aliphatic heterocycles. The predicted molar refractivity (Wildman–Crippen MR) is 121 cm³/mol. The van der Waals surface area contributed by atoms with Crippen LogP contribution in [0.5, 0.6) is 0 Å². The van der Waals surface area contributed by atoms with Crippen molar-refractivity contribution in [3.05, 3.63) is 37.5 Å². The summed E-state index contributed by atoms with van der Waals surface area (Å²) in [5.74, 6) is 0. The molecule has 0 saturated carbocycles. The van der Waals surface area contributed by atoms with Crippen LogP contribution in [0.15, 0.2) is 31.9 Å². The van der Waals surface area contributed by atoms with Gasteiger partial charge in [-0.05, 0) is 0 Å². The Hall–Kier alpha value is -0.761. The summed E-state index contributed by atoms with van der Waals surface area (Å²) in [4.78, 5) is 15.1. The Morgan fingerprint density at radius 3 is 2.57 bits per heavy atom. The fourth-order valence-corrected chi connectivity index (χ4v) is 8.85. The number of hydrogen-bond acceptors (Lipinski definition) is 7. The molecular formula is C20H23BrNO6PSe. The van der Waals surface area contributed by atoms with Crippen molar-refractivity contribution in [3.8, 4) is 0 Å². The van der Waals surface area contributed by atoms with Crippen molar-refractivity contribution in [1.82, 2.24) is 4.90 Å². The van der Waals surface area contributed by atoms with E-state index in [4.69, 9.17) is 18.2 Å². The summed E-state index contributed by atoms with van der Waals surface area (Å²) in [6.07, 6.45) is 0. The molecule has 1 aromatic carbocycles. The Balaban J connectivity index is 1.80. The molecule has 0 N–H and O–H groups in total. The van der Waals surface area contributed by atoms with Crippen LogP contribution >= 0.6 is 23.5 Å². The van der Waals surface area contributed by atoms with Crippen molar-refractivity contribution in [2.45, 2.75) is 20.4 Å². The minimum atomic E-state index is -3.72. The van der Waals surface area contributed by atoms with E-state index >= 15 is 0 Å². The van der Waals surface area contributed by atoms with Gasteiger partial charge >= 0.3 is 189 Å². The average molecular weight is 563 g/mol. The van der Waals surface area contributed by atoms with Crippen molar-refractivity contribution in [1.29, 1.82) is 0 Å². The van der Waals surface area contributed by atoms with Gasteiger partial charge in [-0.2, -0.15) is 0 Å². The van der Waals surface area contributed by atoms with Gasteiger partial charge in [0.2, 0.25) is 0 Å². The zero-order valence-electron chi connectivity index (χ0n) is 16.8. The molecule has 30 heavy (non-hydrogen) atoms. The molecule has 2 aromatic heterocycles. The van der Waals surface area contributed by atoms with Gasteiger partial charge in [0.25, 0.3) is 0 Å². The first kappa shape index (κ1) is 22.4. The maximum atomic E-state index is 13.1. The number of ether oxygens (including phenoxy) is 1. The van der Waals surface area contributed by atoms with Gasteiger partial charge in [-0.3, -0.25) is 0 Å². The fraction of sp³-hybridized carbons (Fsp3) is 0.450. The number of hydrogen-bond donors (Lipinski definition) is 0. The summed E-state index contributed by atoms with van der Waals surface area (Å²) in [5.41, 5.74) is -0.121. The minimum absolute atomic E-state index is 0.0208. The molecule has 162 valence electrons. The molecule has 0 atom stereocenters. The first-order valence-electron chi connectivity index (χ1n) is 9.84. The summed E-state index contributed by atoms with van der Waals surface area (Å²) in [6.45, 7) is 7.97. The van der Waals surface area contributed by atoms with E-state index in [0.717, 1.165) is 52.4 Å². The second-order valence-corrected chi connectivity index (χ2v) is 11.9. The standard InChI is InChI=1S/C20H23BrNO6PSe/c1-3-26-29(24,27-4-2)15-11-13-5-6-14-17(21)16(12-22-7-9-25-10-8-22)30-19(14)18(13)28-20(15)23/h5-6,11H,3-4,7-10,12H2,1-2H3. The molecule has 3 aromatic rings. The van der Waals surface area contributed by atoms with Crippen LogP contribution in [0.1, 0.15) is 18.3 Å². The third-order valence-corrected chi connectivity index (χ3v) is 11.0. The van der Waals surface area contributed by atoms with Crippen molar-refractivity contribution in [3.63, 3.8) is 0 Å². The third-order valence-electron chi connectivity index (χ3n) is 4.91. The van der Waals surface area contributed by atoms with Gasteiger partial charge in [0.15, 0.2) is 0 Å². The molecule has 0 amide bonds. The fourth-order valence-electron chi connectivity index (χ4n) is 3.51. The van der Waals surface area contributed by atoms with E-state index < -0.39 is 13.2 Å². The second-order valence-electron chi connectivity index (χ2n) is 6.84. The van der Waals surface area contributed by atoms with E-state index in [2.05, 4.69) is 20.8 Å². The summed E-state index contributed by atoms with van der Waals surface area (Å²) in [7, 11) is -3.72. The number of fused-ring (bicyclic) bond motifs is 3. The van der Waals surface area contributed by atoms with Crippen molar-refractivity contribution < 1.29 is 22.8 Å². The summed E-state index contributed by atoms with van der Waals surface area (Å²) >= 11 is 3.78. The van der Waals surface area contributed by atoms with Crippen molar-refractivity contribution in [2.24, 2.45) is 0 Å². The van der Waals surface area contributed by atoms with E-state index in [1.165, 1.54) is 4.44 Å². The van der Waals surface area contributed by atoms with Crippen LogP contribution in [0.4, 0.5) is 0 Å². The van der Waals surface area contributed by atoms with Crippen LogP contribution < -0.4 is 10.9 Å². The number of rotatable bonds is 7. The number of morpholine rings is 1. The number of benzene rings is 1. The van der Waals surface area contributed by atoms with Gasteiger partial charge in [-0.1, -0.05) is 0 Å². The van der Waals surface area contributed by atoms with Gasteiger partial charge in [0, 0.05) is 0 Å². The molecule has 1 aliphatic rings. The van der Waals surface area contributed by atoms with Crippen LogP contribution in [0.3, 0.4) is 0 Å². The molecule has 0 radical (unpaired) electrons. The van der Waals surface area contributed by atoms with Gasteiger partial charge in [0.05, 0.1) is 0 Å². The summed E-state index contributed by atoms with van der Waals surface area (Å²) in [5, 5.41) is 1.72.